The number of aromatic nitrogens is 1. The summed E-state index contributed by atoms with van der Waals surface area (Å²) in [5.41, 5.74) is 1.69. The number of hydrogen-bond donors (Lipinski definition) is 1. The van der Waals surface area contributed by atoms with Crippen LogP contribution in [0.2, 0.25) is 0 Å². The molecule has 1 unspecified atom stereocenters. The number of hydrogen-bond acceptors (Lipinski definition) is 4. The highest BCUT2D eigenvalue weighted by Gasteiger charge is 2.29. The normalized spacial score (nSPS) is 22.8. The minimum absolute atomic E-state index is 0.00919. The van der Waals surface area contributed by atoms with Gasteiger partial charge in [0.2, 0.25) is 0 Å². The molecule has 2 aromatic rings. The van der Waals surface area contributed by atoms with Crippen molar-refractivity contribution in [2.45, 2.75) is 24.9 Å². The van der Waals surface area contributed by atoms with Gasteiger partial charge in [-0.15, -0.1) is 0 Å². The third-order valence-electron chi connectivity index (χ3n) is 4.78. The summed E-state index contributed by atoms with van der Waals surface area (Å²) in [4.78, 5) is 18.9. The number of benzene rings is 1. The minimum atomic E-state index is -1.01. The van der Waals surface area contributed by atoms with E-state index in [0.29, 0.717) is 35.9 Å². The summed E-state index contributed by atoms with van der Waals surface area (Å²) in [7, 11) is 0. The molecule has 136 valence electrons. The number of halogens is 2. The lowest BCUT2D eigenvalue weighted by Crippen LogP contribution is -2.39. The minimum Gasteiger partial charge on any atom is -0.448 e. The molecule has 0 aliphatic carbocycles. The molecule has 7 heteroatoms. The molecule has 0 radical (unpaired) electrons. The second-order valence-corrected chi connectivity index (χ2v) is 6.65. The highest BCUT2D eigenvalue weighted by molar-refractivity contribution is 5.94. The predicted molar refractivity (Wildman–Crippen MR) is 91.7 cm³/mol. The molecule has 26 heavy (non-hydrogen) atoms. The zero-order chi connectivity index (χ0) is 18.1. The van der Waals surface area contributed by atoms with Crippen LogP contribution in [-0.4, -0.2) is 41.6 Å². The molecule has 2 atom stereocenters. The number of nitrogens with zero attached hydrogens (tertiary/aromatic N) is 2. The fourth-order valence-corrected chi connectivity index (χ4v) is 3.42. The lowest BCUT2D eigenvalue weighted by molar-refractivity contribution is 0.0698. The van der Waals surface area contributed by atoms with E-state index < -0.39 is 6.17 Å². The monoisotopic (exact) mass is 359 g/mol. The summed E-state index contributed by atoms with van der Waals surface area (Å²) < 4.78 is 31.9. The Labute approximate surface area is 149 Å². The van der Waals surface area contributed by atoms with Crippen LogP contribution in [0.1, 0.15) is 40.7 Å². The second kappa shape index (κ2) is 6.90. The highest BCUT2D eigenvalue weighted by atomic mass is 19.1. The van der Waals surface area contributed by atoms with E-state index in [4.69, 9.17) is 4.42 Å². The van der Waals surface area contributed by atoms with Crippen molar-refractivity contribution in [3.63, 3.8) is 0 Å². The van der Waals surface area contributed by atoms with Gasteiger partial charge in [-0.25, -0.2) is 13.8 Å². The molecule has 1 saturated heterocycles. The van der Waals surface area contributed by atoms with Gasteiger partial charge in [-0.2, -0.15) is 0 Å². The van der Waals surface area contributed by atoms with E-state index in [0.717, 1.165) is 12.8 Å². The molecule has 1 amide bonds. The summed E-state index contributed by atoms with van der Waals surface area (Å²) in [6.45, 7) is 1.39. The van der Waals surface area contributed by atoms with Crippen LogP contribution < -0.4 is 5.32 Å². The lowest BCUT2D eigenvalue weighted by Gasteiger charge is -2.31. The molecule has 3 heterocycles. The summed E-state index contributed by atoms with van der Waals surface area (Å²) in [5.74, 6) is 0.0596. The quantitative estimate of drug-likeness (QED) is 0.915. The Balaban J connectivity index is 1.47. The number of carbonyl (C=O) groups excluding carboxylic acids is 1. The van der Waals surface area contributed by atoms with Gasteiger partial charge in [-0.1, -0.05) is 0 Å². The second-order valence-electron chi connectivity index (χ2n) is 6.65. The van der Waals surface area contributed by atoms with Crippen LogP contribution in [0, 0.1) is 5.82 Å². The van der Waals surface area contributed by atoms with Crippen molar-refractivity contribution < 1.29 is 18.0 Å². The highest BCUT2D eigenvalue weighted by Crippen LogP contribution is 2.29. The first-order valence-electron chi connectivity index (χ1n) is 8.70. The third kappa shape index (κ3) is 3.34. The van der Waals surface area contributed by atoms with Crippen molar-refractivity contribution in [2.24, 2.45) is 0 Å². The smallest absolute Gasteiger partial charge is 0.253 e. The van der Waals surface area contributed by atoms with Gasteiger partial charge in [0, 0.05) is 25.2 Å². The number of amides is 1. The van der Waals surface area contributed by atoms with Gasteiger partial charge >= 0.3 is 0 Å². The standard InChI is InChI=1S/C19H19F2N3O2/c20-14-5-3-12(4-6-14)19(25)24-7-1-2-13(10-24)18-23-17(11-26-18)16-8-15(21)9-22-16/h3-6,8,11,13,15,22H,1-2,7,9-10H2/t13-,15?/m0/s1. The molecule has 0 saturated carbocycles. The number of piperidine rings is 1. The van der Waals surface area contributed by atoms with Crippen LogP contribution >= 0.6 is 0 Å². The summed E-state index contributed by atoms with van der Waals surface area (Å²) in [6, 6.07) is 5.57. The molecule has 1 aromatic heterocycles. The zero-order valence-corrected chi connectivity index (χ0v) is 14.1. The van der Waals surface area contributed by atoms with E-state index in [1.807, 2.05) is 0 Å². The van der Waals surface area contributed by atoms with Gasteiger partial charge in [-0.05, 0) is 43.2 Å². The summed E-state index contributed by atoms with van der Waals surface area (Å²) in [5, 5.41) is 2.96. The maximum absolute atomic E-state index is 13.3. The molecule has 0 spiro atoms. The maximum Gasteiger partial charge on any atom is 0.253 e. The van der Waals surface area contributed by atoms with E-state index in [1.165, 1.54) is 36.6 Å². The lowest BCUT2D eigenvalue weighted by atomic mass is 9.97. The molecule has 2 aliphatic heterocycles. The van der Waals surface area contributed by atoms with E-state index >= 15 is 0 Å². The van der Waals surface area contributed by atoms with Crippen molar-refractivity contribution in [2.75, 3.05) is 19.6 Å². The first-order valence-corrected chi connectivity index (χ1v) is 8.70. The van der Waals surface area contributed by atoms with E-state index in [2.05, 4.69) is 10.3 Å². The van der Waals surface area contributed by atoms with Gasteiger partial charge in [0.25, 0.3) is 5.91 Å². The molecule has 5 nitrogen and oxygen atoms in total. The fourth-order valence-electron chi connectivity index (χ4n) is 3.42. The van der Waals surface area contributed by atoms with Gasteiger partial charge in [0.1, 0.15) is 23.9 Å². The Morgan fingerprint density at radius 1 is 1.31 bits per heavy atom. The largest absolute Gasteiger partial charge is 0.448 e. The average molecular weight is 359 g/mol. The van der Waals surface area contributed by atoms with Crippen molar-refractivity contribution >= 4 is 11.6 Å². The van der Waals surface area contributed by atoms with Crippen molar-refractivity contribution in [1.82, 2.24) is 15.2 Å². The topological polar surface area (TPSA) is 58.4 Å². The predicted octanol–water partition coefficient (Wildman–Crippen LogP) is 3.12. The number of likely N-dealkylation sites (tertiary alicyclic amines) is 1. The van der Waals surface area contributed by atoms with Crippen LogP contribution in [0.15, 0.2) is 41.0 Å². The summed E-state index contributed by atoms with van der Waals surface area (Å²) >= 11 is 0. The molecule has 1 fully saturated rings. The van der Waals surface area contributed by atoms with Gasteiger partial charge in [0.15, 0.2) is 5.89 Å². The Morgan fingerprint density at radius 3 is 2.85 bits per heavy atom. The Morgan fingerprint density at radius 2 is 2.12 bits per heavy atom. The molecule has 0 bridgehead atoms. The van der Waals surface area contributed by atoms with Crippen molar-refractivity contribution in [1.29, 1.82) is 0 Å². The number of alkyl halides is 1. The molecule has 1 aromatic carbocycles. The molecular weight excluding hydrogens is 340 g/mol. The van der Waals surface area contributed by atoms with Crippen LogP contribution in [0.5, 0.6) is 0 Å². The van der Waals surface area contributed by atoms with Crippen LogP contribution in [0.3, 0.4) is 0 Å². The first-order chi connectivity index (χ1) is 12.6. The van der Waals surface area contributed by atoms with Crippen molar-refractivity contribution in [3.8, 4) is 0 Å². The van der Waals surface area contributed by atoms with Crippen LogP contribution in [0.4, 0.5) is 8.78 Å². The molecular formula is C19H19F2N3O2. The van der Waals surface area contributed by atoms with E-state index in [1.54, 1.807) is 4.90 Å². The number of nitrogens with one attached hydrogen (secondary N) is 1. The molecule has 2 aliphatic rings. The van der Waals surface area contributed by atoms with Crippen molar-refractivity contribution in [3.05, 3.63) is 59.6 Å². The summed E-state index contributed by atoms with van der Waals surface area (Å²) in [6.07, 6.45) is 3.71. The number of rotatable bonds is 3. The maximum atomic E-state index is 13.3. The Hall–Kier alpha value is -2.70. The first kappa shape index (κ1) is 16.8. The SMILES string of the molecule is O=C(c1ccc(F)cc1)N1CCC[C@H](c2nc(C3=CC(F)CN3)co2)C1. The zero-order valence-electron chi connectivity index (χ0n) is 14.1. The van der Waals surface area contributed by atoms with Gasteiger partial charge < -0.3 is 14.6 Å². The van der Waals surface area contributed by atoms with Crippen LogP contribution in [0.25, 0.3) is 5.70 Å². The fraction of sp³-hybridized carbons (Fsp3) is 0.368. The Bertz CT molecular complexity index is 832. The number of oxazole rings is 1. The van der Waals surface area contributed by atoms with E-state index in [-0.39, 0.29) is 24.2 Å². The average Bonchev–Trinajstić information content (AvgIpc) is 3.31. The Kier molecular flexibility index (Phi) is 4.44. The van der Waals surface area contributed by atoms with Crippen LogP contribution in [-0.2, 0) is 0 Å². The molecule has 4 rings (SSSR count). The van der Waals surface area contributed by atoms with E-state index in [9.17, 15) is 13.6 Å². The molecule has 1 N–H and O–H groups in total. The van der Waals surface area contributed by atoms with Gasteiger partial charge in [0.05, 0.1) is 11.6 Å². The third-order valence-corrected chi connectivity index (χ3v) is 4.78. The van der Waals surface area contributed by atoms with Gasteiger partial charge in [-0.3, -0.25) is 4.79 Å². The number of carbonyl (C=O) groups is 1.